The van der Waals surface area contributed by atoms with E-state index in [9.17, 15) is 4.39 Å². The largest absolute Gasteiger partial charge is 0.207 e. The molecule has 0 saturated carbocycles. The number of hydrogen-bond acceptors (Lipinski definition) is 0. The van der Waals surface area contributed by atoms with Crippen LogP contribution in [0.25, 0.3) is 0 Å². The van der Waals surface area contributed by atoms with Crippen molar-refractivity contribution in [3.05, 3.63) is 70.0 Å². The zero-order valence-electron chi connectivity index (χ0n) is 10.6. The van der Waals surface area contributed by atoms with Gasteiger partial charge in [0.05, 0.1) is 0 Å². The van der Waals surface area contributed by atoms with Crippen LogP contribution in [0.15, 0.2) is 42.5 Å². The molecule has 1 atom stereocenters. The third-order valence-corrected chi connectivity index (χ3v) is 3.54. The van der Waals surface area contributed by atoms with Crippen molar-refractivity contribution in [2.75, 3.05) is 0 Å². The third kappa shape index (κ3) is 2.91. The highest BCUT2D eigenvalue weighted by molar-refractivity contribution is 6.31. The lowest BCUT2D eigenvalue weighted by Crippen LogP contribution is -2.00. The SMILES string of the molecule is Cc1cc(CC(C)c2ccccc2Cl)ccc1F. The van der Waals surface area contributed by atoms with Crippen LogP contribution in [0.1, 0.15) is 29.5 Å². The predicted octanol–water partition coefficient (Wildman–Crippen LogP) is 5.13. The van der Waals surface area contributed by atoms with Crippen molar-refractivity contribution in [2.45, 2.75) is 26.2 Å². The molecule has 0 bridgehead atoms. The lowest BCUT2D eigenvalue weighted by molar-refractivity contribution is 0.616. The summed E-state index contributed by atoms with van der Waals surface area (Å²) < 4.78 is 13.2. The second-order valence-corrected chi connectivity index (χ2v) is 5.12. The molecule has 0 spiro atoms. The second kappa shape index (κ2) is 5.53. The van der Waals surface area contributed by atoms with Crippen LogP contribution in [0.5, 0.6) is 0 Å². The fraction of sp³-hybridized carbons (Fsp3) is 0.250. The molecule has 0 aromatic heterocycles. The molecule has 0 aliphatic heterocycles. The molecule has 0 nitrogen and oxygen atoms in total. The molecule has 0 N–H and O–H groups in total. The Bertz CT molecular complexity index is 549. The molecule has 0 saturated heterocycles. The lowest BCUT2D eigenvalue weighted by Gasteiger charge is -2.14. The van der Waals surface area contributed by atoms with Gasteiger partial charge in [-0.3, -0.25) is 0 Å². The van der Waals surface area contributed by atoms with Crippen LogP contribution in [0.2, 0.25) is 5.02 Å². The summed E-state index contributed by atoms with van der Waals surface area (Å²) in [4.78, 5) is 0. The fourth-order valence-electron chi connectivity index (χ4n) is 2.17. The number of aryl methyl sites for hydroxylation is 1. The molecule has 0 amide bonds. The van der Waals surface area contributed by atoms with Gasteiger partial charge in [-0.25, -0.2) is 4.39 Å². The monoisotopic (exact) mass is 262 g/mol. The van der Waals surface area contributed by atoms with Crippen molar-refractivity contribution in [1.82, 2.24) is 0 Å². The molecular weight excluding hydrogens is 247 g/mol. The van der Waals surface area contributed by atoms with E-state index in [0.717, 1.165) is 22.6 Å². The van der Waals surface area contributed by atoms with E-state index in [1.54, 1.807) is 6.92 Å². The molecule has 2 aromatic rings. The van der Waals surface area contributed by atoms with Crippen LogP contribution in [-0.2, 0) is 6.42 Å². The molecule has 18 heavy (non-hydrogen) atoms. The summed E-state index contributed by atoms with van der Waals surface area (Å²) in [6, 6.07) is 13.2. The average molecular weight is 263 g/mol. The van der Waals surface area contributed by atoms with Gasteiger partial charge in [0.1, 0.15) is 5.82 Å². The van der Waals surface area contributed by atoms with Gasteiger partial charge in [-0.05, 0) is 48.1 Å². The van der Waals surface area contributed by atoms with E-state index < -0.39 is 0 Å². The van der Waals surface area contributed by atoms with Gasteiger partial charge in [0, 0.05) is 5.02 Å². The topological polar surface area (TPSA) is 0 Å². The maximum Gasteiger partial charge on any atom is 0.126 e. The summed E-state index contributed by atoms with van der Waals surface area (Å²) in [6.07, 6.45) is 0.866. The average Bonchev–Trinajstić information content (AvgIpc) is 2.34. The highest BCUT2D eigenvalue weighted by Crippen LogP contribution is 2.27. The van der Waals surface area contributed by atoms with Crippen LogP contribution in [0, 0.1) is 12.7 Å². The second-order valence-electron chi connectivity index (χ2n) is 4.71. The van der Waals surface area contributed by atoms with Gasteiger partial charge in [0.2, 0.25) is 0 Å². The van der Waals surface area contributed by atoms with Crippen molar-refractivity contribution < 1.29 is 4.39 Å². The van der Waals surface area contributed by atoms with Crippen LogP contribution in [0.4, 0.5) is 4.39 Å². The van der Waals surface area contributed by atoms with Gasteiger partial charge in [-0.2, -0.15) is 0 Å². The van der Waals surface area contributed by atoms with E-state index in [2.05, 4.69) is 6.92 Å². The van der Waals surface area contributed by atoms with E-state index >= 15 is 0 Å². The fourth-order valence-corrected chi connectivity index (χ4v) is 2.49. The molecule has 0 heterocycles. The van der Waals surface area contributed by atoms with Crippen molar-refractivity contribution in [1.29, 1.82) is 0 Å². The Balaban J connectivity index is 2.19. The van der Waals surface area contributed by atoms with Gasteiger partial charge in [-0.1, -0.05) is 48.9 Å². The summed E-state index contributed by atoms with van der Waals surface area (Å²) in [7, 11) is 0. The quantitative estimate of drug-likeness (QED) is 0.719. The van der Waals surface area contributed by atoms with Crippen molar-refractivity contribution in [3.8, 4) is 0 Å². The normalized spacial score (nSPS) is 12.4. The van der Waals surface area contributed by atoms with Gasteiger partial charge >= 0.3 is 0 Å². The van der Waals surface area contributed by atoms with Gasteiger partial charge in [0.15, 0.2) is 0 Å². The lowest BCUT2D eigenvalue weighted by atomic mass is 9.93. The minimum Gasteiger partial charge on any atom is -0.207 e. The smallest absolute Gasteiger partial charge is 0.126 e. The molecule has 0 fully saturated rings. The third-order valence-electron chi connectivity index (χ3n) is 3.20. The Hall–Kier alpha value is -1.34. The molecule has 0 radical (unpaired) electrons. The number of halogens is 2. The zero-order valence-corrected chi connectivity index (χ0v) is 11.3. The predicted molar refractivity (Wildman–Crippen MR) is 74.7 cm³/mol. The molecule has 0 aliphatic carbocycles. The molecule has 2 heteroatoms. The Labute approximate surface area is 112 Å². The van der Waals surface area contributed by atoms with Crippen molar-refractivity contribution >= 4 is 11.6 Å². The molecular formula is C16H16ClF. The summed E-state index contributed by atoms with van der Waals surface area (Å²) in [5.74, 6) is 0.174. The van der Waals surface area contributed by atoms with Crippen LogP contribution in [0.3, 0.4) is 0 Å². The minimum atomic E-state index is -0.149. The number of rotatable bonds is 3. The summed E-state index contributed by atoms with van der Waals surface area (Å²) >= 11 is 6.18. The molecule has 2 rings (SSSR count). The Morgan fingerprint density at radius 2 is 1.89 bits per heavy atom. The van der Waals surface area contributed by atoms with E-state index in [1.807, 2.05) is 36.4 Å². The van der Waals surface area contributed by atoms with Crippen LogP contribution < -0.4 is 0 Å². The Morgan fingerprint density at radius 1 is 1.17 bits per heavy atom. The summed E-state index contributed by atoms with van der Waals surface area (Å²) in [5.41, 5.74) is 2.97. The minimum absolute atomic E-state index is 0.149. The zero-order chi connectivity index (χ0) is 13.1. The van der Waals surface area contributed by atoms with Gasteiger partial charge in [0.25, 0.3) is 0 Å². The number of hydrogen-bond donors (Lipinski definition) is 0. The summed E-state index contributed by atoms with van der Waals surface area (Å²) in [5, 5.41) is 0.795. The van der Waals surface area contributed by atoms with Gasteiger partial charge < -0.3 is 0 Å². The Kier molecular flexibility index (Phi) is 4.03. The maximum absolute atomic E-state index is 13.2. The van der Waals surface area contributed by atoms with Crippen LogP contribution in [-0.4, -0.2) is 0 Å². The van der Waals surface area contributed by atoms with Crippen LogP contribution >= 0.6 is 11.6 Å². The highest BCUT2D eigenvalue weighted by atomic mass is 35.5. The van der Waals surface area contributed by atoms with E-state index in [1.165, 1.54) is 6.07 Å². The standard InChI is InChI=1S/C16H16ClF/c1-11(14-5-3-4-6-15(14)17)9-13-7-8-16(18)12(2)10-13/h3-8,10-11H,9H2,1-2H3. The molecule has 94 valence electrons. The van der Waals surface area contributed by atoms with Gasteiger partial charge in [-0.15, -0.1) is 0 Å². The highest BCUT2D eigenvalue weighted by Gasteiger charge is 2.10. The molecule has 1 unspecified atom stereocenters. The first-order chi connectivity index (χ1) is 8.58. The molecule has 0 aliphatic rings. The first-order valence-electron chi connectivity index (χ1n) is 6.07. The van der Waals surface area contributed by atoms with E-state index in [4.69, 9.17) is 11.6 Å². The molecule has 2 aromatic carbocycles. The van der Waals surface area contributed by atoms with Crippen molar-refractivity contribution in [3.63, 3.8) is 0 Å². The first-order valence-corrected chi connectivity index (χ1v) is 6.45. The number of benzene rings is 2. The first kappa shape index (κ1) is 13.1. The summed E-state index contributed by atoms with van der Waals surface area (Å²) in [6.45, 7) is 3.93. The van der Waals surface area contributed by atoms with E-state index in [0.29, 0.717) is 11.5 Å². The Morgan fingerprint density at radius 3 is 2.56 bits per heavy atom. The maximum atomic E-state index is 13.2. The van der Waals surface area contributed by atoms with Crippen molar-refractivity contribution in [2.24, 2.45) is 0 Å². The van der Waals surface area contributed by atoms with E-state index in [-0.39, 0.29) is 5.82 Å².